The van der Waals surface area contributed by atoms with Crippen molar-refractivity contribution >= 4 is 18.3 Å². The standard InChI is InChI=1S/C13H20N2O2.ClH/c1-10(9-14)15(2)13(16)8-11-5-4-6-12(7-11)17-3;/h4-7,10H,8-9,14H2,1-3H3;1H. The molecule has 5 heteroatoms. The average molecular weight is 273 g/mol. The molecule has 1 rings (SSSR count). The van der Waals surface area contributed by atoms with Gasteiger partial charge >= 0.3 is 0 Å². The predicted octanol–water partition coefficient (Wildman–Crippen LogP) is 1.47. The van der Waals surface area contributed by atoms with E-state index in [4.69, 9.17) is 10.5 Å². The maximum absolute atomic E-state index is 11.9. The Hall–Kier alpha value is -1.26. The molecule has 0 radical (unpaired) electrons. The van der Waals surface area contributed by atoms with E-state index in [1.807, 2.05) is 31.2 Å². The molecule has 18 heavy (non-hydrogen) atoms. The van der Waals surface area contributed by atoms with Crippen LogP contribution in [-0.2, 0) is 11.2 Å². The number of nitrogens with zero attached hydrogens (tertiary/aromatic N) is 1. The Morgan fingerprint density at radius 1 is 1.50 bits per heavy atom. The fourth-order valence-electron chi connectivity index (χ4n) is 1.49. The maximum atomic E-state index is 11.9. The molecule has 0 spiro atoms. The molecule has 1 aromatic rings. The van der Waals surface area contributed by atoms with Gasteiger partial charge in [0.1, 0.15) is 5.75 Å². The van der Waals surface area contributed by atoms with E-state index in [9.17, 15) is 4.79 Å². The second-order valence-corrected chi connectivity index (χ2v) is 4.12. The van der Waals surface area contributed by atoms with Crippen LogP contribution in [0.25, 0.3) is 0 Å². The summed E-state index contributed by atoms with van der Waals surface area (Å²) in [5, 5.41) is 0. The van der Waals surface area contributed by atoms with Crippen molar-refractivity contribution in [3.05, 3.63) is 29.8 Å². The first-order valence-electron chi connectivity index (χ1n) is 5.67. The summed E-state index contributed by atoms with van der Waals surface area (Å²) in [6, 6.07) is 7.60. The lowest BCUT2D eigenvalue weighted by molar-refractivity contribution is -0.130. The van der Waals surface area contributed by atoms with E-state index in [0.717, 1.165) is 11.3 Å². The van der Waals surface area contributed by atoms with Gasteiger partial charge in [-0.15, -0.1) is 12.4 Å². The highest BCUT2D eigenvalue weighted by atomic mass is 35.5. The number of nitrogens with two attached hydrogens (primary N) is 1. The van der Waals surface area contributed by atoms with E-state index in [0.29, 0.717) is 13.0 Å². The van der Waals surface area contributed by atoms with Gasteiger partial charge in [-0.25, -0.2) is 0 Å². The number of ether oxygens (including phenoxy) is 1. The second kappa shape index (κ2) is 7.95. The second-order valence-electron chi connectivity index (χ2n) is 4.12. The molecular formula is C13H21ClN2O2. The molecule has 1 atom stereocenters. The van der Waals surface area contributed by atoms with Crippen LogP contribution >= 0.6 is 12.4 Å². The monoisotopic (exact) mass is 272 g/mol. The van der Waals surface area contributed by atoms with Gasteiger partial charge in [0, 0.05) is 19.6 Å². The Labute approximate surface area is 115 Å². The zero-order valence-electron chi connectivity index (χ0n) is 11.1. The van der Waals surface area contributed by atoms with Crippen molar-refractivity contribution in [2.75, 3.05) is 20.7 Å². The van der Waals surface area contributed by atoms with Crippen molar-refractivity contribution in [3.63, 3.8) is 0 Å². The molecule has 4 nitrogen and oxygen atoms in total. The molecule has 0 saturated carbocycles. The summed E-state index contributed by atoms with van der Waals surface area (Å²) in [6.07, 6.45) is 0.373. The highest BCUT2D eigenvalue weighted by Crippen LogP contribution is 2.13. The SMILES string of the molecule is COc1cccc(CC(=O)N(C)C(C)CN)c1.Cl. The van der Waals surface area contributed by atoms with Gasteiger partial charge in [-0.05, 0) is 24.6 Å². The molecule has 0 aromatic heterocycles. The molecule has 102 valence electrons. The lowest BCUT2D eigenvalue weighted by Crippen LogP contribution is -2.40. The minimum Gasteiger partial charge on any atom is -0.497 e. The number of hydrogen-bond donors (Lipinski definition) is 1. The molecular weight excluding hydrogens is 252 g/mol. The van der Waals surface area contributed by atoms with E-state index >= 15 is 0 Å². The fourth-order valence-corrected chi connectivity index (χ4v) is 1.49. The van der Waals surface area contributed by atoms with E-state index in [1.165, 1.54) is 0 Å². The molecule has 0 heterocycles. The third-order valence-electron chi connectivity index (χ3n) is 2.89. The largest absolute Gasteiger partial charge is 0.497 e. The van der Waals surface area contributed by atoms with Crippen LogP contribution in [0.15, 0.2) is 24.3 Å². The molecule has 2 N–H and O–H groups in total. The molecule has 0 saturated heterocycles. The van der Waals surface area contributed by atoms with Crippen molar-refractivity contribution in [1.29, 1.82) is 0 Å². The van der Waals surface area contributed by atoms with Crippen LogP contribution in [0.1, 0.15) is 12.5 Å². The van der Waals surface area contributed by atoms with Gasteiger partial charge < -0.3 is 15.4 Å². The molecule has 1 unspecified atom stereocenters. The van der Waals surface area contributed by atoms with E-state index in [1.54, 1.807) is 19.1 Å². The third kappa shape index (κ3) is 4.55. The first-order chi connectivity index (χ1) is 8.08. The lowest BCUT2D eigenvalue weighted by Gasteiger charge is -2.23. The summed E-state index contributed by atoms with van der Waals surface area (Å²) in [5.74, 6) is 0.834. The normalized spacial score (nSPS) is 11.3. The minimum absolute atomic E-state index is 0. The van der Waals surface area contributed by atoms with Crippen molar-refractivity contribution in [1.82, 2.24) is 4.90 Å². The highest BCUT2D eigenvalue weighted by molar-refractivity contribution is 5.85. The Kier molecular flexibility index (Phi) is 7.39. The Bertz CT molecular complexity index is 385. The number of benzene rings is 1. The first-order valence-corrected chi connectivity index (χ1v) is 5.67. The number of likely N-dealkylation sites (N-methyl/N-ethyl adjacent to an activating group) is 1. The molecule has 0 aliphatic heterocycles. The Balaban J connectivity index is 0.00000289. The van der Waals surface area contributed by atoms with Gasteiger partial charge in [-0.2, -0.15) is 0 Å². The topological polar surface area (TPSA) is 55.6 Å². The van der Waals surface area contributed by atoms with Crippen molar-refractivity contribution < 1.29 is 9.53 Å². The summed E-state index contributed by atoms with van der Waals surface area (Å²) >= 11 is 0. The number of halogens is 1. The number of carbonyl (C=O) groups excluding carboxylic acids is 1. The van der Waals surface area contributed by atoms with Crippen LogP contribution < -0.4 is 10.5 Å². The van der Waals surface area contributed by atoms with Crippen LogP contribution in [0.5, 0.6) is 5.75 Å². The molecule has 0 fully saturated rings. The van der Waals surface area contributed by atoms with Crippen molar-refractivity contribution in [2.24, 2.45) is 5.73 Å². The van der Waals surface area contributed by atoms with Gasteiger partial charge in [0.2, 0.25) is 5.91 Å². The highest BCUT2D eigenvalue weighted by Gasteiger charge is 2.14. The van der Waals surface area contributed by atoms with Gasteiger partial charge in [-0.1, -0.05) is 12.1 Å². The number of carbonyl (C=O) groups is 1. The van der Waals surface area contributed by atoms with E-state index in [2.05, 4.69) is 0 Å². The van der Waals surface area contributed by atoms with Crippen molar-refractivity contribution in [2.45, 2.75) is 19.4 Å². The van der Waals surface area contributed by atoms with Crippen molar-refractivity contribution in [3.8, 4) is 5.75 Å². The average Bonchev–Trinajstić information content (AvgIpc) is 2.37. The quantitative estimate of drug-likeness (QED) is 0.883. The lowest BCUT2D eigenvalue weighted by atomic mass is 10.1. The van der Waals surface area contributed by atoms with E-state index in [-0.39, 0.29) is 24.4 Å². The molecule has 1 aromatic carbocycles. The molecule has 0 bridgehead atoms. The number of rotatable bonds is 5. The zero-order valence-corrected chi connectivity index (χ0v) is 11.9. The van der Waals surface area contributed by atoms with Crippen LogP contribution in [0.3, 0.4) is 0 Å². The maximum Gasteiger partial charge on any atom is 0.227 e. The van der Waals surface area contributed by atoms with Gasteiger partial charge in [-0.3, -0.25) is 4.79 Å². The molecule has 0 aliphatic carbocycles. The number of hydrogen-bond acceptors (Lipinski definition) is 3. The number of amides is 1. The first kappa shape index (κ1) is 16.7. The molecule has 1 amide bonds. The van der Waals surface area contributed by atoms with Crippen LogP contribution in [0, 0.1) is 0 Å². The fraction of sp³-hybridized carbons (Fsp3) is 0.462. The molecule has 0 aliphatic rings. The van der Waals surface area contributed by atoms with E-state index < -0.39 is 0 Å². The zero-order chi connectivity index (χ0) is 12.8. The van der Waals surface area contributed by atoms with Gasteiger partial charge in [0.25, 0.3) is 0 Å². The summed E-state index contributed by atoms with van der Waals surface area (Å²) in [7, 11) is 3.39. The smallest absolute Gasteiger partial charge is 0.227 e. The van der Waals surface area contributed by atoms with Crippen LogP contribution in [-0.4, -0.2) is 37.6 Å². The van der Waals surface area contributed by atoms with Gasteiger partial charge in [0.05, 0.1) is 13.5 Å². The number of methoxy groups -OCH3 is 1. The van der Waals surface area contributed by atoms with Crippen LogP contribution in [0.2, 0.25) is 0 Å². The van der Waals surface area contributed by atoms with Gasteiger partial charge in [0.15, 0.2) is 0 Å². The summed E-state index contributed by atoms with van der Waals surface area (Å²) in [6.45, 7) is 2.41. The summed E-state index contributed by atoms with van der Waals surface area (Å²) < 4.78 is 5.12. The minimum atomic E-state index is 0. The third-order valence-corrected chi connectivity index (χ3v) is 2.89. The Morgan fingerprint density at radius 3 is 2.72 bits per heavy atom. The summed E-state index contributed by atoms with van der Waals surface area (Å²) in [5.41, 5.74) is 6.49. The predicted molar refractivity (Wildman–Crippen MR) is 75.2 cm³/mol. The Morgan fingerprint density at radius 2 is 2.17 bits per heavy atom. The summed E-state index contributed by atoms with van der Waals surface area (Å²) in [4.78, 5) is 13.6. The van der Waals surface area contributed by atoms with Crippen LogP contribution in [0.4, 0.5) is 0 Å².